The van der Waals surface area contributed by atoms with Crippen LogP contribution in [0.2, 0.25) is 0 Å². The summed E-state index contributed by atoms with van der Waals surface area (Å²) in [5.74, 6) is -0.567. The number of benzene rings is 2. The van der Waals surface area contributed by atoms with Crippen LogP contribution in [-0.2, 0) is 27.5 Å². The topological polar surface area (TPSA) is 95.6 Å². The lowest BCUT2D eigenvalue weighted by Crippen LogP contribution is -2.52. The molecule has 7 heteroatoms. The van der Waals surface area contributed by atoms with Crippen molar-refractivity contribution in [1.29, 1.82) is 0 Å². The van der Waals surface area contributed by atoms with Gasteiger partial charge in [0, 0.05) is 31.0 Å². The van der Waals surface area contributed by atoms with Gasteiger partial charge >= 0.3 is 0 Å². The molecule has 3 atom stereocenters. The van der Waals surface area contributed by atoms with Gasteiger partial charge in [-0.2, -0.15) is 0 Å². The Labute approximate surface area is 186 Å². The molecule has 0 aromatic heterocycles. The Hall–Kier alpha value is -3.48. The number of fused-ring (bicyclic) bond motifs is 1. The number of amides is 4. The Morgan fingerprint density at radius 3 is 2.56 bits per heavy atom. The fourth-order valence-corrected chi connectivity index (χ4v) is 4.97. The van der Waals surface area contributed by atoms with Crippen LogP contribution >= 0.6 is 0 Å². The van der Waals surface area contributed by atoms with Gasteiger partial charge in [-0.3, -0.25) is 24.5 Å². The summed E-state index contributed by atoms with van der Waals surface area (Å²) in [5.41, 5.74) is 3.55. The number of nitrogens with zero attached hydrogens (tertiary/aromatic N) is 1. The lowest BCUT2D eigenvalue weighted by Gasteiger charge is -2.35. The zero-order chi connectivity index (χ0) is 22.2. The third-order valence-electron chi connectivity index (χ3n) is 6.89. The van der Waals surface area contributed by atoms with E-state index in [0.29, 0.717) is 25.1 Å². The van der Waals surface area contributed by atoms with Crippen molar-refractivity contribution in [3.05, 3.63) is 70.8 Å². The molecule has 7 nitrogen and oxygen atoms in total. The molecule has 164 valence electrons. The van der Waals surface area contributed by atoms with Gasteiger partial charge in [-0.1, -0.05) is 42.5 Å². The van der Waals surface area contributed by atoms with Gasteiger partial charge in [0.2, 0.25) is 17.7 Å². The highest BCUT2D eigenvalue weighted by Crippen LogP contribution is 2.42. The molecule has 0 bridgehead atoms. The summed E-state index contributed by atoms with van der Waals surface area (Å²) in [6.45, 7) is 0.734. The van der Waals surface area contributed by atoms with Gasteiger partial charge in [0.1, 0.15) is 6.04 Å². The van der Waals surface area contributed by atoms with Gasteiger partial charge in [-0.25, -0.2) is 0 Å². The summed E-state index contributed by atoms with van der Waals surface area (Å²) in [6, 6.07) is 15.1. The Balaban J connectivity index is 1.22. The predicted molar refractivity (Wildman–Crippen MR) is 116 cm³/mol. The number of rotatable bonds is 5. The van der Waals surface area contributed by atoms with E-state index in [4.69, 9.17) is 0 Å². The van der Waals surface area contributed by atoms with Crippen molar-refractivity contribution in [3.63, 3.8) is 0 Å². The number of imide groups is 1. The Bertz CT molecular complexity index is 1100. The highest BCUT2D eigenvalue weighted by atomic mass is 16.2. The molecular weight excluding hydrogens is 406 g/mol. The molecule has 1 saturated heterocycles. The van der Waals surface area contributed by atoms with Crippen LogP contribution in [0.15, 0.2) is 48.5 Å². The fourth-order valence-electron chi connectivity index (χ4n) is 4.97. The highest BCUT2D eigenvalue weighted by Gasteiger charge is 2.39. The van der Waals surface area contributed by atoms with Gasteiger partial charge in [0.05, 0.1) is 0 Å². The maximum Gasteiger partial charge on any atom is 0.255 e. The molecule has 1 saturated carbocycles. The van der Waals surface area contributed by atoms with E-state index in [1.165, 1.54) is 10.5 Å². The summed E-state index contributed by atoms with van der Waals surface area (Å²) in [7, 11) is 0. The second kappa shape index (κ2) is 8.22. The molecule has 0 spiro atoms. The minimum Gasteiger partial charge on any atom is -0.352 e. The van der Waals surface area contributed by atoms with Crippen LogP contribution in [0.1, 0.15) is 58.6 Å². The molecule has 2 aromatic rings. The van der Waals surface area contributed by atoms with E-state index in [1.54, 1.807) is 6.07 Å². The quantitative estimate of drug-likeness (QED) is 0.710. The predicted octanol–water partition coefficient (Wildman–Crippen LogP) is 2.26. The number of hydrogen-bond acceptors (Lipinski definition) is 4. The molecule has 3 aliphatic rings. The third kappa shape index (κ3) is 3.68. The number of piperidine rings is 1. The number of carbonyl (C=O) groups excluding carboxylic acids is 4. The SMILES string of the molecule is O=C1CCC(N2Cc3cc(CNC(=O)C4CCC4c4ccccc4)ccc3C2=O)C(=O)N1. The van der Waals surface area contributed by atoms with Crippen molar-refractivity contribution >= 4 is 23.6 Å². The molecule has 2 aliphatic heterocycles. The zero-order valence-corrected chi connectivity index (χ0v) is 17.7. The van der Waals surface area contributed by atoms with Crippen molar-refractivity contribution in [2.75, 3.05) is 0 Å². The zero-order valence-electron chi connectivity index (χ0n) is 17.7. The minimum absolute atomic E-state index is 0.00331. The van der Waals surface area contributed by atoms with Crippen LogP contribution in [0.25, 0.3) is 0 Å². The largest absolute Gasteiger partial charge is 0.352 e. The Morgan fingerprint density at radius 1 is 1.03 bits per heavy atom. The van der Waals surface area contributed by atoms with Gasteiger partial charge in [-0.05, 0) is 47.9 Å². The van der Waals surface area contributed by atoms with Crippen LogP contribution in [0.5, 0.6) is 0 Å². The van der Waals surface area contributed by atoms with Crippen molar-refractivity contribution in [2.24, 2.45) is 5.92 Å². The molecule has 2 fully saturated rings. The maximum absolute atomic E-state index is 12.8. The minimum atomic E-state index is -0.621. The molecule has 1 aliphatic carbocycles. The van der Waals surface area contributed by atoms with Crippen LogP contribution in [0.3, 0.4) is 0 Å². The highest BCUT2D eigenvalue weighted by molar-refractivity contribution is 6.05. The first-order valence-electron chi connectivity index (χ1n) is 11.1. The van der Waals surface area contributed by atoms with E-state index in [2.05, 4.69) is 22.8 Å². The van der Waals surface area contributed by atoms with Gasteiger partial charge < -0.3 is 10.2 Å². The first-order chi connectivity index (χ1) is 15.5. The number of carbonyl (C=O) groups is 4. The fraction of sp³-hybridized carbons (Fsp3) is 0.360. The number of nitrogens with one attached hydrogen (secondary N) is 2. The van der Waals surface area contributed by atoms with Crippen LogP contribution in [0.4, 0.5) is 0 Å². The summed E-state index contributed by atoms with van der Waals surface area (Å²) in [4.78, 5) is 50.7. The molecule has 2 aromatic carbocycles. The summed E-state index contributed by atoms with van der Waals surface area (Å²) >= 11 is 0. The molecule has 0 radical (unpaired) electrons. The first kappa shape index (κ1) is 20.4. The van der Waals surface area contributed by atoms with Gasteiger partial charge in [0.15, 0.2) is 0 Å². The van der Waals surface area contributed by atoms with Crippen LogP contribution in [0, 0.1) is 5.92 Å². The monoisotopic (exact) mass is 431 g/mol. The maximum atomic E-state index is 12.8. The Morgan fingerprint density at radius 2 is 1.84 bits per heavy atom. The lowest BCUT2D eigenvalue weighted by molar-refractivity contribution is -0.137. The average molecular weight is 431 g/mol. The third-order valence-corrected chi connectivity index (χ3v) is 6.89. The standard InChI is InChI=1S/C25H25N3O4/c29-22-11-10-21(24(31)27-22)28-14-17-12-15(6-7-19(17)25(28)32)13-26-23(30)20-9-8-18(20)16-4-2-1-3-5-16/h1-7,12,18,20-21H,8-11,13-14H2,(H,26,30)(H,27,29,31). The van der Waals surface area contributed by atoms with Crippen molar-refractivity contribution in [3.8, 4) is 0 Å². The van der Waals surface area contributed by atoms with Crippen LogP contribution in [-0.4, -0.2) is 34.6 Å². The number of hydrogen-bond donors (Lipinski definition) is 2. The van der Waals surface area contributed by atoms with Gasteiger partial charge in [0.25, 0.3) is 5.91 Å². The van der Waals surface area contributed by atoms with E-state index in [-0.39, 0.29) is 36.0 Å². The molecule has 5 rings (SSSR count). The summed E-state index contributed by atoms with van der Waals surface area (Å²) in [6.07, 6.45) is 2.50. The summed E-state index contributed by atoms with van der Waals surface area (Å²) < 4.78 is 0. The Kier molecular flexibility index (Phi) is 5.25. The van der Waals surface area contributed by atoms with Gasteiger partial charge in [-0.15, -0.1) is 0 Å². The molecule has 2 N–H and O–H groups in total. The van der Waals surface area contributed by atoms with E-state index >= 15 is 0 Å². The second-order valence-corrected chi connectivity index (χ2v) is 8.81. The molecule has 4 amide bonds. The van der Waals surface area contributed by atoms with E-state index in [0.717, 1.165) is 24.0 Å². The smallest absolute Gasteiger partial charge is 0.255 e. The van der Waals surface area contributed by atoms with Crippen molar-refractivity contribution in [1.82, 2.24) is 15.5 Å². The van der Waals surface area contributed by atoms with Crippen molar-refractivity contribution in [2.45, 2.75) is 50.7 Å². The average Bonchev–Trinajstić information content (AvgIpc) is 3.08. The first-order valence-corrected chi connectivity index (χ1v) is 11.1. The molecule has 3 unspecified atom stereocenters. The second-order valence-electron chi connectivity index (χ2n) is 8.81. The molecular formula is C25H25N3O4. The van der Waals surface area contributed by atoms with Crippen molar-refractivity contribution < 1.29 is 19.2 Å². The molecule has 32 heavy (non-hydrogen) atoms. The molecule has 2 heterocycles. The normalized spacial score (nSPS) is 24.6. The summed E-state index contributed by atoms with van der Waals surface area (Å²) in [5, 5.41) is 5.37. The van der Waals surface area contributed by atoms with Crippen LogP contribution < -0.4 is 10.6 Å². The lowest BCUT2D eigenvalue weighted by atomic mass is 9.69. The van der Waals surface area contributed by atoms with E-state index < -0.39 is 11.9 Å². The van der Waals surface area contributed by atoms with E-state index in [1.807, 2.05) is 30.3 Å². The van der Waals surface area contributed by atoms with E-state index in [9.17, 15) is 19.2 Å².